The van der Waals surface area contributed by atoms with Crippen LogP contribution in [0.25, 0.3) is 0 Å². The van der Waals surface area contributed by atoms with Crippen LogP contribution in [-0.4, -0.2) is 28.0 Å². The van der Waals surface area contributed by atoms with Gasteiger partial charge in [0.2, 0.25) is 16.5 Å². The minimum atomic E-state index is 0.178. The van der Waals surface area contributed by atoms with Crippen molar-refractivity contribution in [2.75, 3.05) is 18.0 Å². The average molecular weight is 446 g/mol. The Morgan fingerprint density at radius 2 is 0.862 bits per heavy atom. The van der Waals surface area contributed by atoms with E-state index in [2.05, 4.69) is 33.7 Å². The first kappa shape index (κ1) is 26.4. The number of halogens is 2. The third kappa shape index (κ3) is 14.1. The summed E-state index contributed by atoms with van der Waals surface area (Å²) in [6.07, 6.45) is 21.0. The van der Waals surface area contributed by atoms with Crippen molar-refractivity contribution in [3.8, 4) is 0 Å². The molecule has 0 spiro atoms. The van der Waals surface area contributed by atoms with Gasteiger partial charge in [-0.25, -0.2) is 0 Å². The van der Waals surface area contributed by atoms with Crippen LogP contribution in [0.5, 0.6) is 0 Å². The van der Waals surface area contributed by atoms with Crippen molar-refractivity contribution in [3.05, 3.63) is 10.6 Å². The van der Waals surface area contributed by atoms with Gasteiger partial charge in [0, 0.05) is 13.1 Å². The molecule has 0 aliphatic carbocycles. The van der Waals surface area contributed by atoms with Crippen molar-refractivity contribution in [2.45, 2.75) is 117 Å². The molecule has 0 saturated carbocycles. The third-order valence-electron chi connectivity index (χ3n) is 5.42. The Kier molecular flexibility index (Phi) is 16.6. The van der Waals surface area contributed by atoms with Crippen LogP contribution in [0.4, 0.5) is 5.95 Å². The predicted molar refractivity (Wildman–Crippen MR) is 127 cm³/mol. The second-order valence-electron chi connectivity index (χ2n) is 8.11. The minimum absolute atomic E-state index is 0.178. The van der Waals surface area contributed by atoms with E-state index in [1.54, 1.807) is 0 Å². The molecule has 6 heteroatoms. The highest BCUT2D eigenvalue weighted by atomic mass is 35.5. The summed E-state index contributed by atoms with van der Waals surface area (Å²) in [4.78, 5) is 14.8. The third-order valence-corrected chi connectivity index (χ3v) is 5.75. The van der Waals surface area contributed by atoms with Gasteiger partial charge >= 0.3 is 0 Å². The van der Waals surface area contributed by atoms with Crippen LogP contribution in [0.3, 0.4) is 0 Å². The van der Waals surface area contributed by atoms with Gasteiger partial charge in [0.05, 0.1) is 0 Å². The van der Waals surface area contributed by atoms with Gasteiger partial charge in [-0.2, -0.15) is 15.0 Å². The molecule has 29 heavy (non-hydrogen) atoms. The van der Waals surface area contributed by atoms with Gasteiger partial charge in [-0.05, 0) is 36.0 Å². The molecule has 0 amide bonds. The van der Waals surface area contributed by atoms with E-state index in [0.29, 0.717) is 5.95 Å². The normalized spacial score (nSPS) is 11.2. The number of hydrogen-bond donors (Lipinski definition) is 0. The van der Waals surface area contributed by atoms with E-state index >= 15 is 0 Å². The molecule has 0 unspecified atom stereocenters. The lowest BCUT2D eigenvalue weighted by atomic mass is 10.1. The van der Waals surface area contributed by atoms with E-state index in [0.717, 1.165) is 25.9 Å². The molecule has 0 atom stereocenters. The maximum absolute atomic E-state index is 6.01. The van der Waals surface area contributed by atoms with Crippen molar-refractivity contribution in [2.24, 2.45) is 0 Å². The quantitative estimate of drug-likeness (QED) is 0.201. The number of hydrogen-bond acceptors (Lipinski definition) is 4. The number of nitrogens with zero attached hydrogens (tertiary/aromatic N) is 4. The average Bonchev–Trinajstić information content (AvgIpc) is 2.69. The molecular formula is C23H42Cl2N4. The van der Waals surface area contributed by atoms with Crippen LogP contribution >= 0.6 is 23.2 Å². The lowest BCUT2D eigenvalue weighted by Gasteiger charge is -2.22. The summed E-state index contributed by atoms with van der Waals surface area (Å²) in [7, 11) is 0. The second kappa shape index (κ2) is 18.2. The van der Waals surface area contributed by atoms with Crippen LogP contribution in [0.1, 0.15) is 117 Å². The van der Waals surface area contributed by atoms with E-state index in [1.807, 2.05) is 0 Å². The Bertz CT molecular complexity index is 473. The van der Waals surface area contributed by atoms with Crippen molar-refractivity contribution in [1.82, 2.24) is 15.0 Å². The predicted octanol–water partition coefficient (Wildman–Crippen LogP) is 8.27. The van der Waals surface area contributed by atoms with Gasteiger partial charge in [0.1, 0.15) is 0 Å². The van der Waals surface area contributed by atoms with Crippen molar-refractivity contribution in [3.63, 3.8) is 0 Å². The lowest BCUT2D eigenvalue weighted by molar-refractivity contribution is 0.552. The van der Waals surface area contributed by atoms with Crippen LogP contribution in [0.2, 0.25) is 10.6 Å². The fourth-order valence-corrected chi connectivity index (χ4v) is 4.00. The SMILES string of the molecule is CCCCCCCCCCN(CCCCCCCCCC)c1nc(Cl)nc(Cl)n1. The first-order valence-corrected chi connectivity index (χ1v) is 12.7. The molecule has 0 radical (unpaired) electrons. The summed E-state index contributed by atoms with van der Waals surface area (Å²) in [6, 6.07) is 0. The maximum atomic E-state index is 6.01. The zero-order valence-electron chi connectivity index (χ0n) is 18.8. The van der Waals surface area contributed by atoms with Crippen LogP contribution in [-0.2, 0) is 0 Å². The van der Waals surface area contributed by atoms with E-state index < -0.39 is 0 Å². The number of anilines is 1. The second-order valence-corrected chi connectivity index (χ2v) is 8.79. The highest BCUT2D eigenvalue weighted by Crippen LogP contribution is 2.17. The molecule has 1 heterocycles. The smallest absolute Gasteiger partial charge is 0.230 e. The van der Waals surface area contributed by atoms with E-state index in [4.69, 9.17) is 23.2 Å². The standard InChI is InChI=1S/C23H42Cl2N4/c1-3-5-7-9-11-13-15-17-19-29(23-27-21(24)26-22(25)28-23)20-18-16-14-12-10-8-6-4-2/h3-20H2,1-2H3. The summed E-state index contributed by atoms with van der Waals surface area (Å²) in [5, 5.41) is 0.355. The molecule has 168 valence electrons. The molecule has 0 aliphatic rings. The molecule has 1 aromatic heterocycles. The Morgan fingerprint density at radius 1 is 0.517 bits per heavy atom. The fourth-order valence-electron chi connectivity index (χ4n) is 3.64. The molecule has 1 rings (SSSR count). The van der Waals surface area contributed by atoms with E-state index in [-0.39, 0.29) is 10.6 Å². The Hall–Kier alpha value is -0.610. The molecule has 0 aliphatic heterocycles. The minimum Gasteiger partial charge on any atom is -0.341 e. The summed E-state index contributed by atoms with van der Waals surface area (Å²) >= 11 is 12.0. The Morgan fingerprint density at radius 3 is 1.24 bits per heavy atom. The van der Waals surface area contributed by atoms with Crippen LogP contribution < -0.4 is 4.90 Å². The molecular weight excluding hydrogens is 403 g/mol. The summed E-state index contributed by atoms with van der Waals surface area (Å²) in [5.41, 5.74) is 0. The lowest BCUT2D eigenvalue weighted by Crippen LogP contribution is -2.28. The number of unbranched alkanes of at least 4 members (excludes halogenated alkanes) is 14. The maximum Gasteiger partial charge on any atom is 0.230 e. The van der Waals surface area contributed by atoms with E-state index in [9.17, 15) is 0 Å². The monoisotopic (exact) mass is 444 g/mol. The Balaban J connectivity index is 2.34. The summed E-state index contributed by atoms with van der Waals surface area (Å²) in [6.45, 7) is 6.45. The molecule has 1 aromatic rings. The van der Waals surface area contributed by atoms with Crippen LogP contribution in [0.15, 0.2) is 0 Å². The van der Waals surface area contributed by atoms with Gasteiger partial charge in [0.15, 0.2) is 0 Å². The summed E-state index contributed by atoms with van der Waals surface area (Å²) < 4.78 is 0. The van der Waals surface area contributed by atoms with Crippen molar-refractivity contribution >= 4 is 29.2 Å². The summed E-state index contributed by atoms with van der Waals surface area (Å²) in [5.74, 6) is 0.626. The highest BCUT2D eigenvalue weighted by molar-refractivity contribution is 6.31. The topological polar surface area (TPSA) is 41.9 Å². The number of rotatable bonds is 19. The fraction of sp³-hybridized carbons (Fsp3) is 0.870. The van der Waals surface area contributed by atoms with Gasteiger partial charge < -0.3 is 4.90 Å². The zero-order chi connectivity index (χ0) is 21.2. The molecule has 0 saturated heterocycles. The molecule has 0 N–H and O–H groups in total. The molecule has 0 fully saturated rings. The largest absolute Gasteiger partial charge is 0.341 e. The Labute approximate surface area is 189 Å². The molecule has 4 nitrogen and oxygen atoms in total. The highest BCUT2D eigenvalue weighted by Gasteiger charge is 2.12. The molecule has 0 bridgehead atoms. The van der Waals surface area contributed by atoms with Gasteiger partial charge in [-0.15, -0.1) is 0 Å². The zero-order valence-corrected chi connectivity index (χ0v) is 20.3. The van der Waals surface area contributed by atoms with Crippen molar-refractivity contribution < 1.29 is 0 Å². The van der Waals surface area contributed by atoms with Gasteiger partial charge in [0.25, 0.3) is 0 Å². The van der Waals surface area contributed by atoms with E-state index in [1.165, 1.54) is 89.9 Å². The van der Waals surface area contributed by atoms with Crippen LogP contribution in [0, 0.1) is 0 Å². The molecule has 0 aromatic carbocycles. The van der Waals surface area contributed by atoms with Gasteiger partial charge in [-0.3, -0.25) is 0 Å². The van der Waals surface area contributed by atoms with Gasteiger partial charge in [-0.1, -0.05) is 104 Å². The first-order chi connectivity index (χ1) is 14.2. The first-order valence-electron chi connectivity index (χ1n) is 12.0. The number of aromatic nitrogens is 3. The van der Waals surface area contributed by atoms with Crippen molar-refractivity contribution in [1.29, 1.82) is 0 Å².